The van der Waals surface area contributed by atoms with Gasteiger partial charge in [-0.05, 0) is 23.8 Å². The van der Waals surface area contributed by atoms with Gasteiger partial charge in [0, 0.05) is 24.7 Å². The molecule has 0 amide bonds. The molecule has 1 atom stereocenters. The molecule has 0 saturated heterocycles. The molecule has 0 spiro atoms. The second-order valence-electron chi connectivity index (χ2n) is 7.42. The topological polar surface area (TPSA) is 15.6 Å². The molecule has 1 aliphatic rings. The van der Waals surface area contributed by atoms with E-state index in [4.69, 9.17) is 5.10 Å². The van der Waals surface area contributed by atoms with Gasteiger partial charge in [0.25, 0.3) is 0 Å². The summed E-state index contributed by atoms with van der Waals surface area (Å²) < 4.78 is 0. The Labute approximate surface area is 130 Å². The van der Waals surface area contributed by atoms with E-state index in [0.717, 1.165) is 19.5 Å². The Morgan fingerprint density at radius 2 is 1.86 bits per heavy atom. The van der Waals surface area contributed by atoms with Crippen molar-refractivity contribution >= 4 is 5.71 Å². The van der Waals surface area contributed by atoms with Crippen LogP contribution in [0.1, 0.15) is 64.9 Å². The van der Waals surface area contributed by atoms with Gasteiger partial charge >= 0.3 is 0 Å². The minimum Gasteiger partial charge on any atom is -0.296 e. The van der Waals surface area contributed by atoms with Crippen LogP contribution in [0.25, 0.3) is 0 Å². The van der Waals surface area contributed by atoms with E-state index in [1.165, 1.54) is 30.5 Å². The molecule has 2 nitrogen and oxygen atoms in total. The number of rotatable bonds is 6. The summed E-state index contributed by atoms with van der Waals surface area (Å²) in [5.41, 5.74) is 3.10. The third-order valence-electron chi connectivity index (χ3n) is 3.96. The molecule has 0 N–H and O–H groups in total. The highest BCUT2D eigenvalue weighted by Crippen LogP contribution is 2.29. The maximum atomic E-state index is 4.95. The monoisotopic (exact) mass is 286 g/mol. The van der Waals surface area contributed by atoms with Crippen LogP contribution in [0, 0.1) is 5.41 Å². The Bertz CT molecular complexity index is 456. The van der Waals surface area contributed by atoms with Crippen LogP contribution < -0.4 is 0 Å². The molecule has 0 fully saturated rings. The van der Waals surface area contributed by atoms with Crippen molar-refractivity contribution < 1.29 is 0 Å². The third kappa shape index (κ3) is 4.87. The van der Waals surface area contributed by atoms with Gasteiger partial charge in [0.15, 0.2) is 0 Å². The Kier molecular flexibility index (Phi) is 5.44. The molecule has 1 aromatic carbocycles. The van der Waals surface area contributed by atoms with Crippen molar-refractivity contribution in [2.75, 3.05) is 13.1 Å². The number of hydrogen-bond acceptors (Lipinski definition) is 2. The Morgan fingerprint density at radius 1 is 1.14 bits per heavy atom. The van der Waals surface area contributed by atoms with Gasteiger partial charge < -0.3 is 0 Å². The van der Waals surface area contributed by atoms with Crippen LogP contribution in [0.2, 0.25) is 0 Å². The van der Waals surface area contributed by atoms with Gasteiger partial charge in [0.2, 0.25) is 0 Å². The van der Waals surface area contributed by atoms with E-state index in [9.17, 15) is 0 Å². The molecule has 0 saturated carbocycles. The predicted octanol–water partition coefficient (Wildman–Crippen LogP) is 5.07. The molecule has 0 aromatic heterocycles. The highest BCUT2D eigenvalue weighted by molar-refractivity contribution is 5.92. The second kappa shape index (κ2) is 7.11. The molecule has 116 valence electrons. The first kappa shape index (κ1) is 16.1. The first-order chi connectivity index (χ1) is 9.99. The van der Waals surface area contributed by atoms with Crippen LogP contribution in [0.3, 0.4) is 0 Å². The van der Waals surface area contributed by atoms with E-state index in [-0.39, 0.29) is 0 Å². The summed E-state index contributed by atoms with van der Waals surface area (Å²) in [5, 5.41) is 7.24. The Hall–Kier alpha value is -1.31. The quantitative estimate of drug-likeness (QED) is 0.667. The van der Waals surface area contributed by atoms with Gasteiger partial charge in [-0.25, -0.2) is 0 Å². The van der Waals surface area contributed by atoms with Crippen LogP contribution in [0.15, 0.2) is 35.4 Å². The third-order valence-corrected chi connectivity index (χ3v) is 3.96. The summed E-state index contributed by atoms with van der Waals surface area (Å²) in [4.78, 5) is 0. The van der Waals surface area contributed by atoms with Gasteiger partial charge in [-0.2, -0.15) is 5.10 Å². The summed E-state index contributed by atoms with van der Waals surface area (Å²) in [6.45, 7) is 11.2. The van der Waals surface area contributed by atoms with E-state index < -0.39 is 0 Å². The molecule has 0 radical (unpaired) electrons. The highest BCUT2D eigenvalue weighted by atomic mass is 15.5. The van der Waals surface area contributed by atoms with E-state index in [1.54, 1.807) is 0 Å². The largest absolute Gasteiger partial charge is 0.296 e. The van der Waals surface area contributed by atoms with Crippen LogP contribution in [0.4, 0.5) is 0 Å². The lowest BCUT2D eigenvalue weighted by atomic mass is 9.91. The molecular weight excluding hydrogens is 256 g/mol. The first-order valence-corrected chi connectivity index (χ1v) is 8.37. The molecular formula is C19H30N2. The molecule has 1 unspecified atom stereocenters. The molecule has 0 bridgehead atoms. The fraction of sp³-hybridized carbons (Fsp3) is 0.632. The fourth-order valence-corrected chi connectivity index (χ4v) is 3.02. The first-order valence-electron chi connectivity index (χ1n) is 8.37. The summed E-state index contributed by atoms with van der Waals surface area (Å²) in [6, 6.07) is 10.9. The predicted molar refractivity (Wildman–Crippen MR) is 91.8 cm³/mol. The van der Waals surface area contributed by atoms with Gasteiger partial charge in [-0.15, -0.1) is 0 Å². The lowest BCUT2D eigenvalue weighted by molar-refractivity contribution is 0.211. The molecule has 1 heterocycles. The molecule has 1 aromatic rings. The average Bonchev–Trinajstić information content (AvgIpc) is 2.81. The zero-order chi connectivity index (χ0) is 15.3. The fourth-order valence-electron chi connectivity index (χ4n) is 3.02. The number of unbranched alkanes of at least 4 members (excludes halogenated alkanes) is 2. The normalized spacial score (nSPS) is 19.0. The maximum absolute atomic E-state index is 4.95. The van der Waals surface area contributed by atoms with E-state index >= 15 is 0 Å². The van der Waals surface area contributed by atoms with Gasteiger partial charge in [-0.1, -0.05) is 70.9 Å². The summed E-state index contributed by atoms with van der Waals surface area (Å²) in [6.07, 6.45) is 4.99. The summed E-state index contributed by atoms with van der Waals surface area (Å²) >= 11 is 0. The molecule has 0 aliphatic carbocycles. The molecule has 2 heteroatoms. The van der Waals surface area contributed by atoms with Crippen LogP contribution >= 0.6 is 0 Å². The zero-order valence-corrected chi connectivity index (χ0v) is 14.1. The molecule has 1 aliphatic heterocycles. The van der Waals surface area contributed by atoms with Crippen LogP contribution in [-0.2, 0) is 0 Å². The minimum atomic E-state index is 0.295. The Morgan fingerprint density at radius 3 is 2.48 bits per heavy atom. The zero-order valence-electron chi connectivity index (χ0n) is 14.1. The molecule has 21 heavy (non-hydrogen) atoms. The van der Waals surface area contributed by atoms with Crippen molar-refractivity contribution in [3.05, 3.63) is 35.9 Å². The number of hydrazone groups is 1. The maximum Gasteiger partial charge on any atom is 0.0482 e. The van der Waals surface area contributed by atoms with Crippen molar-refractivity contribution in [2.45, 2.75) is 59.3 Å². The van der Waals surface area contributed by atoms with Crippen molar-refractivity contribution in [3.8, 4) is 0 Å². The standard InChI is InChI=1S/C19H30N2/c1-5-6-8-13-18-17(16-11-9-7-10-12-16)14-21(20-18)15-19(2,3)4/h7,9-12,17H,5-6,8,13-15H2,1-4H3. The number of hydrogen-bond donors (Lipinski definition) is 0. The van der Waals surface area contributed by atoms with Crippen molar-refractivity contribution in [1.29, 1.82) is 0 Å². The van der Waals surface area contributed by atoms with Crippen LogP contribution in [-0.4, -0.2) is 23.8 Å². The summed E-state index contributed by atoms with van der Waals surface area (Å²) in [5.74, 6) is 0.491. The Balaban J connectivity index is 2.10. The smallest absolute Gasteiger partial charge is 0.0482 e. The highest BCUT2D eigenvalue weighted by Gasteiger charge is 2.29. The second-order valence-corrected chi connectivity index (χ2v) is 7.42. The van der Waals surface area contributed by atoms with E-state index in [2.05, 4.69) is 63.0 Å². The summed E-state index contributed by atoms with van der Waals surface area (Å²) in [7, 11) is 0. The lowest BCUT2D eigenvalue weighted by Crippen LogP contribution is -2.28. The van der Waals surface area contributed by atoms with Gasteiger partial charge in [0.05, 0.1) is 0 Å². The minimum absolute atomic E-state index is 0.295. The van der Waals surface area contributed by atoms with Crippen LogP contribution in [0.5, 0.6) is 0 Å². The van der Waals surface area contributed by atoms with Gasteiger partial charge in [0.1, 0.15) is 0 Å². The van der Waals surface area contributed by atoms with Crippen molar-refractivity contribution in [3.63, 3.8) is 0 Å². The average molecular weight is 286 g/mol. The number of benzene rings is 1. The molecule has 2 rings (SSSR count). The lowest BCUT2D eigenvalue weighted by Gasteiger charge is -2.25. The number of nitrogens with zero attached hydrogens (tertiary/aromatic N) is 2. The van der Waals surface area contributed by atoms with Gasteiger partial charge in [-0.3, -0.25) is 5.01 Å². The van der Waals surface area contributed by atoms with Crippen molar-refractivity contribution in [1.82, 2.24) is 5.01 Å². The SMILES string of the molecule is CCCCCC1=NN(CC(C)(C)C)CC1c1ccccc1. The van der Waals surface area contributed by atoms with E-state index in [0.29, 0.717) is 11.3 Å². The van der Waals surface area contributed by atoms with E-state index in [1.807, 2.05) is 0 Å². The van der Waals surface area contributed by atoms with Crippen molar-refractivity contribution in [2.24, 2.45) is 10.5 Å².